The van der Waals surface area contributed by atoms with Crippen LogP contribution >= 0.6 is 0 Å². The van der Waals surface area contributed by atoms with Crippen LogP contribution in [-0.4, -0.2) is 43.9 Å². The Morgan fingerprint density at radius 2 is 2.25 bits per heavy atom. The van der Waals surface area contributed by atoms with Crippen LogP contribution in [0.5, 0.6) is 0 Å². The lowest BCUT2D eigenvalue weighted by Gasteiger charge is -2.20. The van der Waals surface area contributed by atoms with Crippen LogP contribution in [0.2, 0.25) is 0 Å². The van der Waals surface area contributed by atoms with E-state index >= 15 is 0 Å². The van der Waals surface area contributed by atoms with Crippen LogP contribution in [-0.2, 0) is 4.74 Å². The number of ether oxygens (including phenoxy) is 1. The molecular weight excluding hydrogens is 258 g/mol. The Balaban J connectivity index is 2.86. The van der Waals surface area contributed by atoms with E-state index in [9.17, 15) is 4.79 Å². The molecule has 0 radical (unpaired) electrons. The molecule has 1 aromatic carbocycles. The molecule has 0 aliphatic carbocycles. The molecule has 0 saturated carbocycles. The third kappa shape index (κ3) is 4.71. The van der Waals surface area contributed by atoms with Crippen LogP contribution in [0.4, 0.5) is 11.4 Å². The molecule has 1 rings (SSSR count). The maximum absolute atomic E-state index is 11.8. The molecule has 5 N–H and O–H groups in total. The number of hydrogen-bond donors (Lipinski definition) is 4. The van der Waals surface area contributed by atoms with E-state index in [-0.39, 0.29) is 18.6 Å². The minimum atomic E-state index is -0.138. The van der Waals surface area contributed by atoms with E-state index in [4.69, 9.17) is 15.6 Å². The summed E-state index contributed by atoms with van der Waals surface area (Å²) in [6, 6.07) is 5.02. The number of nitrogens with one attached hydrogen (secondary N) is 2. The van der Waals surface area contributed by atoms with Crippen molar-refractivity contribution in [3.8, 4) is 0 Å². The highest BCUT2D eigenvalue weighted by atomic mass is 16.5. The van der Waals surface area contributed by atoms with Crippen molar-refractivity contribution in [2.24, 2.45) is 0 Å². The molecular formula is C14H23N3O3. The number of carbonyl (C=O) groups is 1. The summed E-state index contributed by atoms with van der Waals surface area (Å²) in [5.41, 5.74) is 7.68. The van der Waals surface area contributed by atoms with Gasteiger partial charge in [0.1, 0.15) is 0 Å². The third-order valence-corrected chi connectivity index (χ3v) is 2.86. The Labute approximate surface area is 119 Å². The molecule has 0 fully saturated rings. The van der Waals surface area contributed by atoms with Gasteiger partial charge in [-0.25, -0.2) is 0 Å². The highest BCUT2D eigenvalue weighted by molar-refractivity contribution is 5.96. The van der Waals surface area contributed by atoms with E-state index in [1.165, 1.54) is 0 Å². The summed E-state index contributed by atoms with van der Waals surface area (Å²) in [7, 11) is 1.60. The molecule has 0 bridgehead atoms. The zero-order chi connectivity index (χ0) is 15.0. The van der Waals surface area contributed by atoms with E-state index in [1.54, 1.807) is 25.3 Å². The fourth-order valence-electron chi connectivity index (χ4n) is 1.86. The average Bonchev–Trinajstić information content (AvgIpc) is 2.42. The molecule has 112 valence electrons. The van der Waals surface area contributed by atoms with Crippen LogP contribution in [0.1, 0.15) is 23.7 Å². The van der Waals surface area contributed by atoms with Crippen LogP contribution < -0.4 is 16.4 Å². The van der Waals surface area contributed by atoms with Gasteiger partial charge in [-0.2, -0.15) is 0 Å². The average molecular weight is 281 g/mol. The van der Waals surface area contributed by atoms with Gasteiger partial charge < -0.3 is 26.2 Å². The van der Waals surface area contributed by atoms with Gasteiger partial charge in [-0.1, -0.05) is 0 Å². The van der Waals surface area contributed by atoms with Crippen molar-refractivity contribution in [3.63, 3.8) is 0 Å². The normalized spacial score (nSPS) is 11.9. The van der Waals surface area contributed by atoms with Gasteiger partial charge in [-0.3, -0.25) is 4.79 Å². The molecule has 1 atom stereocenters. The van der Waals surface area contributed by atoms with Gasteiger partial charge in [0.05, 0.1) is 24.0 Å². The molecule has 0 heterocycles. The lowest BCUT2D eigenvalue weighted by molar-refractivity contribution is 0.0956. The third-order valence-electron chi connectivity index (χ3n) is 2.86. The number of methoxy groups -OCH3 is 1. The van der Waals surface area contributed by atoms with Gasteiger partial charge in [-0.05, 0) is 31.5 Å². The van der Waals surface area contributed by atoms with E-state index in [1.807, 2.05) is 6.92 Å². The fraction of sp³-hybridized carbons (Fsp3) is 0.500. The van der Waals surface area contributed by atoms with Gasteiger partial charge >= 0.3 is 0 Å². The molecule has 1 aromatic rings. The second-order valence-corrected chi connectivity index (χ2v) is 4.47. The largest absolute Gasteiger partial charge is 0.397 e. The smallest absolute Gasteiger partial charge is 0.251 e. The summed E-state index contributed by atoms with van der Waals surface area (Å²) in [6.07, 6.45) is 0.540. The molecule has 0 aromatic heterocycles. The second kappa shape index (κ2) is 8.39. The van der Waals surface area contributed by atoms with Crippen molar-refractivity contribution in [1.29, 1.82) is 0 Å². The summed E-state index contributed by atoms with van der Waals surface area (Å²) < 4.78 is 5.09. The Hall–Kier alpha value is -1.79. The fourth-order valence-corrected chi connectivity index (χ4v) is 1.86. The standard InChI is InChI=1S/C14H23N3O3/c1-3-16-14(19)10-4-5-12(15)13(8-10)17-11(6-7-18)9-20-2/h4-5,8,11,17-18H,3,6-7,9,15H2,1-2H3,(H,16,19). The first-order chi connectivity index (χ1) is 9.62. The van der Waals surface area contributed by atoms with Gasteiger partial charge in [0.2, 0.25) is 0 Å². The van der Waals surface area contributed by atoms with E-state index in [0.717, 1.165) is 0 Å². The Bertz CT molecular complexity index is 432. The lowest BCUT2D eigenvalue weighted by Crippen LogP contribution is -2.27. The van der Waals surface area contributed by atoms with Crippen LogP contribution in [0.25, 0.3) is 0 Å². The summed E-state index contributed by atoms with van der Waals surface area (Å²) in [4.78, 5) is 11.8. The van der Waals surface area contributed by atoms with Crippen LogP contribution in [0.15, 0.2) is 18.2 Å². The summed E-state index contributed by atoms with van der Waals surface area (Å²) >= 11 is 0. The minimum absolute atomic E-state index is 0.0525. The highest BCUT2D eigenvalue weighted by Crippen LogP contribution is 2.21. The van der Waals surface area contributed by atoms with Crippen molar-refractivity contribution >= 4 is 17.3 Å². The molecule has 20 heavy (non-hydrogen) atoms. The SMILES string of the molecule is CCNC(=O)c1ccc(N)c(NC(CCO)COC)c1. The zero-order valence-corrected chi connectivity index (χ0v) is 12.0. The summed E-state index contributed by atoms with van der Waals surface area (Å²) in [5, 5.41) is 15.0. The number of anilines is 2. The molecule has 1 amide bonds. The first kappa shape index (κ1) is 16.3. The number of amides is 1. The molecule has 0 aliphatic rings. The van der Waals surface area contributed by atoms with Crippen molar-refractivity contribution in [3.05, 3.63) is 23.8 Å². The summed E-state index contributed by atoms with van der Waals surface area (Å²) in [6.45, 7) is 2.94. The van der Waals surface area contributed by atoms with Gasteiger partial charge in [-0.15, -0.1) is 0 Å². The molecule has 0 spiro atoms. The summed E-state index contributed by atoms with van der Waals surface area (Å²) in [5.74, 6) is -0.138. The van der Waals surface area contributed by atoms with E-state index < -0.39 is 0 Å². The van der Waals surface area contributed by atoms with Crippen molar-refractivity contribution in [2.75, 3.05) is 37.9 Å². The van der Waals surface area contributed by atoms with Crippen molar-refractivity contribution in [1.82, 2.24) is 5.32 Å². The number of aliphatic hydroxyl groups excluding tert-OH is 1. The predicted molar refractivity (Wildman–Crippen MR) is 79.9 cm³/mol. The predicted octanol–water partition coefficient (Wildman–Crippen LogP) is 0.828. The quantitative estimate of drug-likeness (QED) is 0.529. The first-order valence-corrected chi connectivity index (χ1v) is 6.66. The van der Waals surface area contributed by atoms with Crippen molar-refractivity contribution in [2.45, 2.75) is 19.4 Å². The Kier molecular flexibility index (Phi) is 6.83. The first-order valence-electron chi connectivity index (χ1n) is 6.66. The van der Waals surface area contributed by atoms with Crippen molar-refractivity contribution < 1.29 is 14.6 Å². The minimum Gasteiger partial charge on any atom is -0.397 e. The number of nitrogen functional groups attached to an aromatic ring is 1. The lowest BCUT2D eigenvalue weighted by atomic mass is 10.1. The second-order valence-electron chi connectivity index (χ2n) is 4.47. The maximum atomic E-state index is 11.8. The Morgan fingerprint density at radius 1 is 1.50 bits per heavy atom. The van der Waals surface area contributed by atoms with E-state index in [0.29, 0.717) is 36.5 Å². The number of hydrogen-bond acceptors (Lipinski definition) is 5. The molecule has 6 heteroatoms. The monoisotopic (exact) mass is 281 g/mol. The molecule has 6 nitrogen and oxygen atoms in total. The topological polar surface area (TPSA) is 96.6 Å². The number of benzene rings is 1. The highest BCUT2D eigenvalue weighted by Gasteiger charge is 2.12. The number of carbonyl (C=O) groups excluding carboxylic acids is 1. The molecule has 0 saturated heterocycles. The molecule has 0 aliphatic heterocycles. The van der Waals surface area contributed by atoms with Gasteiger partial charge in [0, 0.05) is 25.8 Å². The van der Waals surface area contributed by atoms with Crippen LogP contribution in [0, 0.1) is 0 Å². The van der Waals surface area contributed by atoms with E-state index in [2.05, 4.69) is 10.6 Å². The van der Waals surface area contributed by atoms with Crippen LogP contribution in [0.3, 0.4) is 0 Å². The van der Waals surface area contributed by atoms with Gasteiger partial charge in [0.15, 0.2) is 0 Å². The zero-order valence-electron chi connectivity index (χ0n) is 12.0. The maximum Gasteiger partial charge on any atom is 0.251 e. The Morgan fingerprint density at radius 3 is 2.85 bits per heavy atom. The molecule has 1 unspecified atom stereocenters. The number of rotatable bonds is 8. The van der Waals surface area contributed by atoms with Gasteiger partial charge in [0.25, 0.3) is 5.91 Å². The number of nitrogens with two attached hydrogens (primary N) is 1. The number of aliphatic hydroxyl groups is 1.